The molecule has 98 valence electrons. The Labute approximate surface area is 105 Å². The molecule has 17 heavy (non-hydrogen) atoms. The smallest absolute Gasteiger partial charge is 0.306 e. The van der Waals surface area contributed by atoms with E-state index in [4.69, 9.17) is 0 Å². The fourth-order valence-corrected chi connectivity index (χ4v) is 4.12. The minimum Gasteiger partial charge on any atom is -0.481 e. The van der Waals surface area contributed by atoms with Crippen LogP contribution in [0.15, 0.2) is 0 Å². The van der Waals surface area contributed by atoms with Gasteiger partial charge >= 0.3 is 5.97 Å². The molecule has 2 saturated carbocycles. The number of hydrogen-bond acceptors (Lipinski definition) is 1. The normalized spacial score (nSPS) is 38.9. The quantitative estimate of drug-likeness (QED) is 0.804. The zero-order valence-corrected chi connectivity index (χ0v) is 11.0. The van der Waals surface area contributed by atoms with Gasteiger partial charge in [-0.05, 0) is 37.0 Å². The summed E-state index contributed by atoms with van der Waals surface area (Å²) in [7, 11) is 0. The molecule has 1 N–H and O–H groups in total. The molecule has 0 heterocycles. The van der Waals surface area contributed by atoms with Gasteiger partial charge in [-0.15, -0.1) is 0 Å². The summed E-state index contributed by atoms with van der Waals surface area (Å²) >= 11 is 0. The molecule has 0 amide bonds. The summed E-state index contributed by atoms with van der Waals surface area (Å²) in [4.78, 5) is 11.4. The van der Waals surface area contributed by atoms with E-state index in [1.54, 1.807) is 0 Å². The summed E-state index contributed by atoms with van der Waals surface area (Å²) in [5.74, 6) is 1.48. The molecule has 2 aliphatic carbocycles. The predicted molar refractivity (Wildman–Crippen MR) is 68.8 cm³/mol. The van der Waals surface area contributed by atoms with Gasteiger partial charge < -0.3 is 5.11 Å². The van der Waals surface area contributed by atoms with Gasteiger partial charge in [-0.2, -0.15) is 0 Å². The van der Waals surface area contributed by atoms with E-state index in [1.807, 2.05) is 0 Å². The number of rotatable bonds is 3. The van der Waals surface area contributed by atoms with Gasteiger partial charge in [-0.25, -0.2) is 0 Å². The van der Waals surface area contributed by atoms with E-state index in [1.165, 1.54) is 38.5 Å². The zero-order chi connectivity index (χ0) is 12.3. The summed E-state index contributed by atoms with van der Waals surface area (Å²) in [5, 5.41) is 9.36. The third-order valence-corrected chi connectivity index (χ3v) is 5.14. The molecular formula is C15H26O2. The van der Waals surface area contributed by atoms with Crippen LogP contribution in [-0.4, -0.2) is 11.1 Å². The van der Waals surface area contributed by atoms with E-state index in [-0.39, 0.29) is 5.92 Å². The highest BCUT2D eigenvalue weighted by molar-refractivity contribution is 5.70. The Morgan fingerprint density at radius 3 is 2.59 bits per heavy atom. The van der Waals surface area contributed by atoms with Gasteiger partial charge in [0.2, 0.25) is 0 Å². The van der Waals surface area contributed by atoms with Gasteiger partial charge in [-0.1, -0.05) is 45.4 Å². The second kappa shape index (κ2) is 5.88. The molecule has 4 unspecified atom stereocenters. The van der Waals surface area contributed by atoms with E-state index >= 15 is 0 Å². The van der Waals surface area contributed by atoms with Crippen LogP contribution in [0.2, 0.25) is 0 Å². The highest BCUT2D eigenvalue weighted by Gasteiger charge is 2.37. The monoisotopic (exact) mass is 238 g/mol. The van der Waals surface area contributed by atoms with Crippen molar-refractivity contribution in [2.24, 2.45) is 23.7 Å². The molecule has 2 fully saturated rings. The van der Waals surface area contributed by atoms with E-state index in [0.29, 0.717) is 11.8 Å². The molecule has 0 radical (unpaired) electrons. The molecule has 2 nitrogen and oxygen atoms in total. The topological polar surface area (TPSA) is 37.3 Å². The van der Waals surface area contributed by atoms with Crippen molar-refractivity contribution in [2.45, 2.75) is 64.7 Å². The zero-order valence-electron chi connectivity index (χ0n) is 11.0. The van der Waals surface area contributed by atoms with Crippen molar-refractivity contribution in [3.05, 3.63) is 0 Å². The second-order valence-corrected chi connectivity index (χ2v) is 6.09. The molecule has 2 rings (SSSR count). The first kappa shape index (κ1) is 12.9. The largest absolute Gasteiger partial charge is 0.481 e. The molecule has 0 aromatic heterocycles. The molecule has 0 aliphatic heterocycles. The van der Waals surface area contributed by atoms with Crippen LogP contribution in [0.25, 0.3) is 0 Å². The Hall–Kier alpha value is -0.530. The molecule has 2 aliphatic rings. The molecule has 0 saturated heterocycles. The standard InChI is InChI=1S/C15H26O2/c1-2-11-6-5-7-12(10-11)13-8-3-4-9-14(13)15(16)17/h11-14H,2-10H2,1H3,(H,16,17). The third-order valence-electron chi connectivity index (χ3n) is 5.14. The maximum Gasteiger partial charge on any atom is 0.306 e. The molecular weight excluding hydrogens is 212 g/mol. The highest BCUT2D eigenvalue weighted by atomic mass is 16.4. The SMILES string of the molecule is CCC1CCCC(C2CCCCC2C(=O)O)C1. The Balaban J connectivity index is 2.00. The second-order valence-electron chi connectivity index (χ2n) is 6.09. The van der Waals surface area contributed by atoms with Crippen LogP contribution in [-0.2, 0) is 4.79 Å². The van der Waals surface area contributed by atoms with Gasteiger partial charge in [0.05, 0.1) is 5.92 Å². The Morgan fingerprint density at radius 1 is 1.12 bits per heavy atom. The maximum absolute atomic E-state index is 11.4. The first-order chi connectivity index (χ1) is 8.22. The van der Waals surface area contributed by atoms with Crippen LogP contribution < -0.4 is 0 Å². The van der Waals surface area contributed by atoms with Gasteiger partial charge in [0, 0.05) is 0 Å². The number of aliphatic carboxylic acids is 1. The Bertz CT molecular complexity index is 262. The lowest BCUT2D eigenvalue weighted by Crippen LogP contribution is -2.34. The van der Waals surface area contributed by atoms with Crippen molar-refractivity contribution in [1.82, 2.24) is 0 Å². The number of hydrogen-bond donors (Lipinski definition) is 1. The highest BCUT2D eigenvalue weighted by Crippen LogP contribution is 2.43. The minimum absolute atomic E-state index is 0.0376. The van der Waals surface area contributed by atoms with Crippen LogP contribution >= 0.6 is 0 Å². The van der Waals surface area contributed by atoms with Crippen molar-refractivity contribution in [3.63, 3.8) is 0 Å². The number of carboxylic acids is 1. The van der Waals surface area contributed by atoms with Crippen LogP contribution in [0.4, 0.5) is 0 Å². The van der Waals surface area contributed by atoms with Gasteiger partial charge in [0.25, 0.3) is 0 Å². The average molecular weight is 238 g/mol. The Morgan fingerprint density at radius 2 is 1.88 bits per heavy atom. The van der Waals surface area contributed by atoms with Crippen molar-refractivity contribution in [2.75, 3.05) is 0 Å². The summed E-state index contributed by atoms with van der Waals surface area (Å²) in [6.07, 6.45) is 11.0. The van der Waals surface area contributed by atoms with E-state index in [9.17, 15) is 9.90 Å². The summed E-state index contributed by atoms with van der Waals surface area (Å²) < 4.78 is 0. The molecule has 2 heteroatoms. The van der Waals surface area contributed by atoms with Crippen molar-refractivity contribution in [3.8, 4) is 0 Å². The lowest BCUT2D eigenvalue weighted by atomic mass is 9.66. The minimum atomic E-state index is -0.534. The van der Waals surface area contributed by atoms with Gasteiger partial charge in [0.1, 0.15) is 0 Å². The first-order valence-electron chi connectivity index (χ1n) is 7.45. The van der Waals surface area contributed by atoms with Crippen molar-refractivity contribution >= 4 is 5.97 Å². The number of carboxylic acid groups (broad SMARTS) is 1. The summed E-state index contributed by atoms with van der Waals surface area (Å²) in [5.41, 5.74) is 0. The lowest BCUT2D eigenvalue weighted by Gasteiger charge is -2.39. The third kappa shape index (κ3) is 3.02. The molecule has 4 atom stereocenters. The van der Waals surface area contributed by atoms with E-state index in [0.717, 1.165) is 25.2 Å². The molecule has 0 bridgehead atoms. The van der Waals surface area contributed by atoms with E-state index < -0.39 is 5.97 Å². The summed E-state index contributed by atoms with van der Waals surface area (Å²) in [6, 6.07) is 0. The average Bonchev–Trinajstić information content (AvgIpc) is 2.39. The van der Waals surface area contributed by atoms with Crippen molar-refractivity contribution in [1.29, 1.82) is 0 Å². The predicted octanol–water partition coefficient (Wildman–Crippen LogP) is 4.09. The Kier molecular flexibility index (Phi) is 4.47. The molecule has 0 spiro atoms. The van der Waals surface area contributed by atoms with Crippen LogP contribution in [0.5, 0.6) is 0 Å². The van der Waals surface area contributed by atoms with Gasteiger partial charge in [-0.3, -0.25) is 4.79 Å². The van der Waals surface area contributed by atoms with Gasteiger partial charge in [0.15, 0.2) is 0 Å². The fraction of sp³-hybridized carbons (Fsp3) is 0.933. The van der Waals surface area contributed by atoms with Crippen LogP contribution in [0, 0.1) is 23.7 Å². The van der Waals surface area contributed by atoms with Crippen molar-refractivity contribution < 1.29 is 9.90 Å². The molecule has 0 aromatic rings. The molecule has 0 aromatic carbocycles. The summed E-state index contributed by atoms with van der Waals surface area (Å²) in [6.45, 7) is 2.28. The maximum atomic E-state index is 11.4. The van der Waals surface area contributed by atoms with Crippen LogP contribution in [0.1, 0.15) is 64.7 Å². The van der Waals surface area contributed by atoms with E-state index in [2.05, 4.69) is 6.92 Å². The lowest BCUT2D eigenvalue weighted by molar-refractivity contribution is -0.146. The van der Waals surface area contributed by atoms with Crippen LogP contribution in [0.3, 0.4) is 0 Å². The first-order valence-corrected chi connectivity index (χ1v) is 7.45. The fourth-order valence-electron chi connectivity index (χ4n) is 4.12. The number of carbonyl (C=O) groups is 1.